The lowest BCUT2D eigenvalue weighted by atomic mass is 10.0. The molecule has 0 bridgehead atoms. The third kappa shape index (κ3) is 3.19. The van der Waals surface area contributed by atoms with Crippen LogP contribution in [0.5, 0.6) is 0 Å². The summed E-state index contributed by atoms with van der Waals surface area (Å²) in [7, 11) is 0. The minimum Gasteiger partial charge on any atom is -0.371 e. The normalized spacial score (nSPS) is 17.5. The largest absolute Gasteiger partial charge is 0.371 e. The Bertz CT molecular complexity index is 376. The minimum absolute atomic E-state index is 0.184. The molecule has 1 N–H and O–H groups in total. The van der Waals surface area contributed by atoms with Gasteiger partial charge in [0.15, 0.2) is 0 Å². The van der Waals surface area contributed by atoms with Crippen molar-refractivity contribution in [3.63, 3.8) is 0 Å². The highest BCUT2D eigenvalue weighted by molar-refractivity contribution is 9.10. The smallest absolute Gasteiger partial charge is 0.139 e. The second kappa shape index (κ2) is 5.83. The summed E-state index contributed by atoms with van der Waals surface area (Å²) in [6, 6.07) is 5.98. The number of hydrogen-bond acceptors (Lipinski definition) is 2. The highest BCUT2D eigenvalue weighted by atomic mass is 79.9. The van der Waals surface area contributed by atoms with Crippen molar-refractivity contribution in [3.05, 3.63) is 28.5 Å². The molecule has 2 nitrogen and oxygen atoms in total. The van der Waals surface area contributed by atoms with Gasteiger partial charge in [-0.25, -0.2) is 4.39 Å². The lowest BCUT2D eigenvalue weighted by Crippen LogP contribution is -2.42. The third-order valence-electron chi connectivity index (χ3n) is 3.26. The van der Waals surface area contributed by atoms with E-state index in [2.05, 4.69) is 33.1 Å². The average Bonchev–Trinajstić information content (AvgIpc) is 2.34. The van der Waals surface area contributed by atoms with Crippen LogP contribution in [0.3, 0.4) is 0 Å². The van der Waals surface area contributed by atoms with Crippen molar-refractivity contribution in [1.82, 2.24) is 5.32 Å². The lowest BCUT2D eigenvalue weighted by molar-refractivity contribution is 0.423. The summed E-state index contributed by atoms with van der Waals surface area (Å²) >= 11 is 3.18. The van der Waals surface area contributed by atoms with Gasteiger partial charge in [0, 0.05) is 24.8 Å². The first-order valence-electron chi connectivity index (χ1n) is 6.14. The molecule has 2 rings (SSSR count). The first-order valence-corrected chi connectivity index (χ1v) is 6.93. The molecular weight excluding hydrogens is 283 g/mol. The van der Waals surface area contributed by atoms with E-state index in [0.717, 1.165) is 38.2 Å². The molecule has 0 amide bonds. The van der Waals surface area contributed by atoms with E-state index < -0.39 is 0 Å². The fraction of sp³-hybridized carbons (Fsp3) is 0.538. The second-order valence-electron chi connectivity index (χ2n) is 4.42. The Balaban J connectivity index is 1.98. The zero-order valence-electron chi connectivity index (χ0n) is 10.0. The molecule has 94 valence electrons. The maximum atomic E-state index is 13.4. The number of benzene rings is 1. The second-order valence-corrected chi connectivity index (χ2v) is 5.27. The van der Waals surface area contributed by atoms with Crippen molar-refractivity contribution in [2.45, 2.75) is 25.8 Å². The van der Waals surface area contributed by atoms with Crippen LogP contribution in [-0.2, 0) is 0 Å². The first-order chi connectivity index (χ1) is 8.20. The summed E-state index contributed by atoms with van der Waals surface area (Å²) in [4.78, 5) is 2.25. The predicted molar refractivity (Wildman–Crippen MR) is 73.0 cm³/mol. The zero-order chi connectivity index (χ0) is 12.3. The summed E-state index contributed by atoms with van der Waals surface area (Å²) < 4.78 is 14.0. The Labute approximate surface area is 110 Å². The topological polar surface area (TPSA) is 15.3 Å². The van der Waals surface area contributed by atoms with Crippen molar-refractivity contribution in [3.8, 4) is 0 Å². The van der Waals surface area contributed by atoms with Gasteiger partial charge in [0.25, 0.3) is 0 Å². The van der Waals surface area contributed by atoms with E-state index in [1.165, 1.54) is 0 Å². The molecule has 1 fully saturated rings. The number of rotatable bonds is 3. The molecule has 0 atom stereocenters. The minimum atomic E-state index is -0.184. The summed E-state index contributed by atoms with van der Waals surface area (Å²) in [5.41, 5.74) is 0.987. The predicted octanol–water partition coefficient (Wildman–Crippen LogP) is 3.17. The summed E-state index contributed by atoms with van der Waals surface area (Å²) in [5, 5.41) is 3.47. The van der Waals surface area contributed by atoms with Crippen LogP contribution < -0.4 is 10.2 Å². The Hall–Kier alpha value is -0.610. The van der Waals surface area contributed by atoms with Gasteiger partial charge >= 0.3 is 0 Å². The number of piperidine rings is 1. The monoisotopic (exact) mass is 300 g/mol. The molecule has 1 aromatic carbocycles. The van der Waals surface area contributed by atoms with E-state index >= 15 is 0 Å². The molecule has 0 aliphatic carbocycles. The molecule has 0 radical (unpaired) electrons. The Morgan fingerprint density at radius 2 is 2.12 bits per heavy atom. The number of halogens is 2. The molecule has 0 unspecified atom stereocenters. The average molecular weight is 301 g/mol. The van der Waals surface area contributed by atoms with Crippen LogP contribution in [0, 0.1) is 5.82 Å². The van der Waals surface area contributed by atoms with Gasteiger partial charge in [0.1, 0.15) is 5.82 Å². The van der Waals surface area contributed by atoms with Gasteiger partial charge < -0.3 is 10.2 Å². The molecule has 1 aliphatic rings. The first kappa shape index (κ1) is 12.8. The van der Waals surface area contributed by atoms with Crippen molar-refractivity contribution in [2.75, 3.05) is 24.5 Å². The molecule has 1 heterocycles. The fourth-order valence-electron chi connectivity index (χ4n) is 2.31. The highest BCUT2D eigenvalue weighted by Gasteiger charge is 2.18. The quantitative estimate of drug-likeness (QED) is 0.922. The van der Waals surface area contributed by atoms with E-state index in [-0.39, 0.29) is 5.82 Å². The van der Waals surface area contributed by atoms with Gasteiger partial charge in [0.05, 0.1) is 4.47 Å². The molecule has 0 aromatic heterocycles. The van der Waals surface area contributed by atoms with Crippen LogP contribution in [-0.4, -0.2) is 25.7 Å². The van der Waals surface area contributed by atoms with Crippen molar-refractivity contribution in [1.29, 1.82) is 0 Å². The Morgan fingerprint density at radius 1 is 1.41 bits per heavy atom. The number of anilines is 1. The van der Waals surface area contributed by atoms with E-state index in [0.29, 0.717) is 10.5 Å². The maximum absolute atomic E-state index is 13.4. The number of hydrogen-bond donors (Lipinski definition) is 1. The van der Waals surface area contributed by atoms with E-state index in [1.807, 2.05) is 6.07 Å². The van der Waals surface area contributed by atoms with Gasteiger partial charge in [-0.1, -0.05) is 6.92 Å². The molecule has 4 heteroatoms. The van der Waals surface area contributed by atoms with Gasteiger partial charge in [-0.15, -0.1) is 0 Å². The molecular formula is C13H18BrFN2. The summed E-state index contributed by atoms with van der Waals surface area (Å²) in [5.74, 6) is -0.184. The third-order valence-corrected chi connectivity index (χ3v) is 3.90. The number of nitrogens with zero attached hydrogens (tertiary/aromatic N) is 1. The molecule has 0 spiro atoms. The zero-order valence-corrected chi connectivity index (χ0v) is 11.6. The molecule has 17 heavy (non-hydrogen) atoms. The molecule has 1 aliphatic heterocycles. The van der Waals surface area contributed by atoms with Crippen molar-refractivity contribution in [2.24, 2.45) is 0 Å². The summed E-state index contributed by atoms with van der Waals surface area (Å²) in [6.45, 7) is 5.16. The fourth-order valence-corrected chi connectivity index (χ4v) is 2.56. The Morgan fingerprint density at radius 3 is 2.71 bits per heavy atom. The van der Waals surface area contributed by atoms with Crippen LogP contribution in [0.25, 0.3) is 0 Å². The van der Waals surface area contributed by atoms with Gasteiger partial charge in [0.2, 0.25) is 0 Å². The van der Waals surface area contributed by atoms with Crippen molar-refractivity contribution < 1.29 is 4.39 Å². The van der Waals surface area contributed by atoms with Crippen LogP contribution in [0.2, 0.25) is 0 Å². The number of nitrogens with one attached hydrogen (secondary N) is 1. The standard InChI is InChI=1S/C13H18BrFN2/c1-2-16-10-5-7-17(8-6-10)11-3-4-12(14)13(15)9-11/h3-4,9-10,16H,2,5-8H2,1H3. The maximum Gasteiger partial charge on any atom is 0.139 e. The van der Waals surface area contributed by atoms with Crippen LogP contribution in [0.15, 0.2) is 22.7 Å². The molecule has 0 saturated carbocycles. The van der Waals surface area contributed by atoms with Crippen LogP contribution >= 0.6 is 15.9 Å². The Kier molecular flexibility index (Phi) is 4.40. The lowest BCUT2D eigenvalue weighted by Gasteiger charge is -2.34. The molecule has 1 aromatic rings. The van der Waals surface area contributed by atoms with Crippen molar-refractivity contribution >= 4 is 21.6 Å². The van der Waals surface area contributed by atoms with E-state index in [4.69, 9.17) is 0 Å². The van der Waals surface area contributed by atoms with E-state index in [9.17, 15) is 4.39 Å². The van der Waals surface area contributed by atoms with Crippen LogP contribution in [0.4, 0.5) is 10.1 Å². The highest BCUT2D eigenvalue weighted by Crippen LogP contribution is 2.24. The van der Waals surface area contributed by atoms with E-state index in [1.54, 1.807) is 12.1 Å². The van der Waals surface area contributed by atoms with Gasteiger partial charge in [-0.05, 0) is 53.5 Å². The summed E-state index contributed by atoms with van der Waals surface area (Å²) in [6.07, 6.45) is 2.26. The van der Waals surface area contributed by atoms with Crippen LogP contribution in [0.1, 0.15) is 19.8 Å². The van der Waals surface area contributed by atoms with Gasteiger partial charge in [-0.3, -0.25) is 0 Å². The molecule has 1 saturated heterocycles. The van der Waals surface area contributed by atoms with Gasteiger partial charge in [-0.2, -0.15) is 0 Å². The SMILES string of the molecule is CCNC1CCN(c2ccc(Br)c(F)c2)CC1.